The van der Waals surface area contributed by atoms with Crippen LogP contribution in [0.1, 0.15) is 21.1 Å². The summed E-state index contributed by atoms with van der Waals surface area (Å²) in [4.78, 5) is 25.4. The van der Waals surface area contributed by atoms with E-state index in [0.29, 0.717) is 33.7 Å². The highest BCUT2D eigenvalue weighted by atomic mass is 32.1. The highest BCUT2D eigenvalue weighted by molar-refractivity contribution is 7.17. The first-order valence-electron chi connectivity index (χ1n) is 6.29. The summed E-state index contributed by atoms with van der Waals surface area (Å²) in [5.74, 6) is 1.05. The number of nitrogens with one attached hydrogen (secondary N) is 1. The summed E-state index contributed by atoms with van der Waals surface area (Å²) in [6.45, 7) is 2.14. The Balaban J connectivity index is 1.76. The largest absolute Gasteiger partial charge is 0.467 e. The molecule has 21 heavy (non-hydrogen) atoms. The maximum Gasteiger partial charge on any atom is 0.263 e. The number of thiazole rings is 1. The van der Waals surface area contributed by atoms with E-state index >= 15 is 0 Å². The van der Waals surface area contributed by atoms with Gasteiger partial charge < -0.3 is 9.73 Å². The van der Waals surface area contributed by atoms with Crippen LogP contribution in [0.5, 0.6) is 0 Å². The Morgan fingerprint density at radius 2 is 2.14 bits per heavy atom. The van der Waals surface area contributed by atoms with Gasteiger partial charge in [-0.2, -0.15) is 0 Å². The van der Waals surface area contributed by atoms with Crippen molar-refractivity contribution in [1.82, 2.24) is 20.3 Å². The summed E-state index contributed by atoms with van der Waals surface area (Å²) in [6, 6.07) is 5.33. The molecular formula is C14H12N4O2S. The molecule has 3 heterocycles. The molecule has 0 spiro atoms. The van der Waals surface area contributed by atoms with Crippen molar-refractivity contribution in [3.8, 4) is 10.8 Å². The molecule has 3 rings (SSSR count). The molecule has 0 radical (unpaired) electrons. The van der Waals surface area contributed by atoms with Gasteiger partial charge in [-0.1, -0.05) is 0 Å². The van der Waals surface area contributed by atoms with Crippen LogP contribution < -0.4 is 5.32 Å². The van der Waals surface area contributed by atoms with Crippen molar-refractivity contribution in [3.63, 3.8) is 0 Å². The van der Waals surface area contributed by atoms with E-state index in [1.807, 2.05) is 6.07 Å². The number of hydrogen-bond donors (Lipinski definition) is 1. The van der Waals surface area contributed by atoms with Crippen molar-refractivity contribution in [2.24, 2.45) is 0 Å². The van der Waals surface area contributed by atoms with Gasteiger partial charge in [-0.3, -0.25) is 4.79 Å². The zero-order valence-electron chi connectivity index (χ0n) is 11.2. The molecule has 6 nitrogen and oxygen atoms in total. The summed E-state index contributed by atoms with van der Waals surface area (Å²) >= 11 is 1.28. The molecular weight excluding hydrogens is 288 g/mol. The van der Waals surface area contributed by atoms with Crippen LogP contribution in [-0.2, 0) is 6.54 Å². The highest BCUT2D eigenvalue weighted by Crippen LogP contribution is 2.25. The molecule has 0 fully saturated rings. The SMILES string of the molecule is Cc1nc(-c2ncccn2)sc1C(=O)NCc1ccco1. The van der Waals surface area contributed by atoms with Gasteiger partial charge in [-0.05, 0) is 25.1 Å². The van der Waals surface area contributed by atoms with Crippen LogP contribution in [0.25, 0.3) is 10.8 Å². The highest BCUT2D eigenvalue weighted by Gasteiger charge is 2.17. The number of aryl methyl sites for hydroxylation is 1. The van der Waals surface area contributed by atoms with Gasteiger partial charge in [-0.15, -0.1) is 11.3 Å². The molecule has 0 unspecified atom stereocenters. The maximum absolute atomic E-state index is 12.2. The predicted molar refractivity (Wildman–Crippen MR) is 77.8 cm³/mol. The van der Waals surface area contributed by atoms with Gasteiger partial charge in [-0.25, -0.2) is 15.0 Å². The molecule has 0 aliphatic carbocycles. The number of furan rings is 1. The number of rotatable bonds is 4. The summed E-state index contributed by atoms with van der Waals surface area (Å²) in [5.41, 5.74) is 0.666. The molecule has 0 saturated heterocycles. The molecule has 1 N–H and O–H groups in total. The lowest BCUT2D eigenvalue weighted by molar-refractivity contribution is 0.0951. The van der Waals surface area contributed by atoms with E-state index in [1.165, 1.54) is 11.3 Å². The first-order chi connectivity index (χ1) is 10.2. The minimum Gasteiger partial charge on any atom is -0.467 e. The number of carbonyl (C=O) groups is 1. The Morgan fingerprint density at radius 3 is 2.86 bits per heavy atom. The molecule has 3 aromatic rings. The zero-order chi connectivity index (χ0) is 14.7. The third kappa shape index (κ3) is 2.97. The number of aromatic nitrogens is 3. The van der Waals surface area contributed by atoms with E-state index in [9.17, 15) is 4.79 Å². The fourth-order valence-electron chi connectivity index (χ4n) is 1.77. The molecule has 0 aliphatic heterocycles. The normalized spacial score (nSPS) is 10.5. The summed E-state index contributed by atoms with van der Waals surface area (Å²) < 4.78 is 5.18. The minimum absolute atomic E-state index is 0.177. The van der Waals surface area contributed by atoms with Crippen LogP contribution in [0, 0.1) is 6.92 Å². The fourth-order valence-corrected chi connectivity index (χ4v) is 2.70. The Morgan fingerprint density at radius 1 is 1.33 bits per heavy atom. The Hall–Kier alpha value is -2.54. The number of carbonyl (C=O) groups excluding carboxylic acids is 1. The molecule has 7 heteroatoms. The average Bonchev–Trinajstić information content (AvgIpc) is 3.15. The van der Waals surface area contributed by atoms with Crippen LogP contribution in [0.3, 0.4) is 0 Å². The van der Waals surface area contributed by atoms with Crippen molar-refractivity contribution in [2.45, 2.75) is 13.5 Å². The third-order valence-corrected chi connectivity index (χ3v) is 3.92. The van der Waals surface area contributed by atoms with E-state index in [4.69, 9.17) is 4.42 Å². The topological polar surface area (TPSA) is 80.9 Å². The molecule has 106 valence electrons. The maximum atomic E-state index is 12.2. The Bertz CT molecular complexity index is 738. The van der Waals surface area contributed by atoms with Gasteiger partial charge in [0.1, 0.15) is 10.6 Å². The second kappa shape index (κ2) is 5.84. The Kier molecular flexibility index (Phi) is 3.74. The number of amides is 1. The fraction of sp³-hybridized carbons (Fsp3) is 0.143. The smallest absolute Gasteiger partial charge is 0.263 e. The molecule has 0 aromatic carbocycles. The molecule has 0 bridgehead atoms. The first-order valence-corrected chi connectivity index (χ1v) is 7.11. The second-order valence-electron chi connectivity index (χ2n) is 4.27. The van der Waals surface area contributed by atoms with Gasteiger partial charge in [0.25, 0.3) is 5.91 Å². The lowest BCUT2D eigenvalue weighted by Gasteiger charge is -2.00. The molecule has 0 saturated carbocycles. The van der Waals surface area contributed by atoms with Crippen molar-refractivity contribution >= 4 is 17.2 Å². The number of nitrogens with zero attached hydrogens (tertiary/aromatic N) is 3. The lowest BCUT2D eigenvalue weighted by atomic mass is 10.3. The van der Waals surface area contributed by atoms with Gasteiger partial charge >= 0.3 is 0 Å². The Labute approximate surface area is 124 Å². The first kappa shape index (κ1) is 13.4. The van der Waals surface area contributed by atoms with E-state index in [1.54, 1.807) is 37.7 Å². The summed E-state index contributed by atoms with van der Waals surface area (Å²) in [7, 11) is 0. The van der Waals surface area contributed by atoms with Crippen molar-refractivity contribution in [3.05, 3.63) is 53.2 Å². The average molecular weight is 300 g/mol. The quantitative estimate of drug-likeness (QED) is 0.800. The monoisotopic (exact) mass is 300 g/mol. The van der Waals surface area contributed by atoms with Crippen LogP contribution in [0.15, 0.2) is 41.3 Å². The van der Waals surface area contributed by atoms with Crippen molar-refractivity contribution in [2.75, 3.05) is 0 Å². The van der Waals surface area contributed by atoms with Gasteiger partial charge in [0.15, 0.2) is 10.8 Å². The minimum atomic E-state index is -0.177. The lowest BCUT2D eigenvalue weighted by Crippen LogP contribution is -2.22. The van der Waals surface area contributed by atoms with Crippen molar-refractivity contribution in [1.29, 1.82) is 0 Å². The van der Waals surface area contributed by atoms with Crippen LogP contribution in [-0.4, -0.2) is 20.9 Å². The molecule has 0 aliphatic rings. The van der Waals surface area contributed by atoms with E-state index in [2.05, 4.69) is 20.3 Å². The van der Waals surface area contributed by atoms with Gasteiger partial charge in [0.2, 0.25) is 0 Å². The predicted octanol–water partition coefficient (Wildman–Crippen LogP) is 2.43. The van der Waals surface area contributed by atoms with Crippen LogP contribution >= 0.6 is 11.3 Å². The van der Waals surface area contributed by atoms with E-state index in [-0.39, 0.29) is 5.91 Å². The molecule has 0 atom stereocenters. The van der Waals surface area contributed by atoms with Crippen LogP contribution in [0.2, 0.25) is 0 Å². The third-order valence-electron chi connectivity index (χ3n) is 2.76. The number of hydrogen-bond acceptors (Lipinski definition) is 6. The zero-order valence-corrected chi connectivity index (χ0v) is 12.1. The summed E-state index contributed by atoms with van der Waals surface area (Å²) in [6.07, 6.45) is 4.87. The summed E-state index contributed by atoms with van der Waals surface area (Å²) in [5, 5.41) is 3.44. The molecule has 1 amide bonds. The second-order valence-corrected chi connectivity index (χ2v) is 5.27. The van der Waals surface area contributed by atoms with E-state index in [0.717, 1.165) is 0 Å². The molecule has 3 aromatic heterocycles. The van der Waals surface area contributed by atoms with Gasteiger partial charge in [0, 0.05) is 12.4 Å². The van der Waals surface area contributed by atoms with Crippen molar-refractivity contribution < 1.29 is 9.21 Å². The standard InChI is InChI=1S/C14H12N4O2S/c1-9-11(13(19)17-8-10-4-2-7-20-10)21-14(18-9)12-15-5-3-6-16-12/h2-7H,8H2,1H3,(H,17,19). The van der Waals surface area contributed by atoms with E-state index < -0.39 is 0 Å². The van der Waals surface area contributed by atoms with Crippen LogP contribution in [0.4, 0.5) is 0 Å². The van der Waals surface area contributed by atoms with Gasteiger partial charge in [0.05, 0.1) is 18.5 Å².